The van der Waals surface area contributed by atoms with Crippen LogP contribution in [0.2, 0.25) is 0 Å². The molecule has 0 aliphatic carbocycles. The third-order valence-electron chi connectivity index (χ3n) is 2.45. The van der Waals surface area contributed by atoms with Gasteiger partial charge in [-0.1, -0.05) is 36.4 Å². The Morgan fingerprint density at radius 3 is 2.72 bits per heavy atom. The van der Waals surface area contributed by atoms with E-state index in [2.05, 4.69) is 24.9 Å². The van der Waals surface area contributed by atoms with Gasteiger partial charge in [0.15, 0.2) is 0 Å². The lowest BCUT2D eigenvalue weighted by atomic mass is 10.1. The molecule has 0 fully saturated rings. The Bertz CT molecular complexity index is 767. The smallest absolute Gasteiger partial charge is 0.294 e. The normalized spacial score (nSPS) is 11.3. The van der Waals surface area contributed by atoms with Crippen LogP contribution in [0.4, 0.5) is 11.6 Å². The van der Waals surface area contributed by atoms with E-state index in [1.54, 1.807) is 0 Å². The van der Waals surface area contributed by atoms with Crippen molar-refractivity contribution in [2.45, 2.75) is 0 Å². The molecule has 18 heavy (non-hydrogen) atoms. The van der Waals surface area contributed by atoms with Crippen molar-refractivity contribution in [3.05, 3.63) is 53.0 Å². The fraction of sp³-hybridized carbons (Fsp3) is 0. The second-order valence-electron chi connectivity index (χ2n) is 3.62. The molecule has 0 aliphatic heterocycles. The number of hydrogen-bond donors (Lipinski definition) is 1. The molecule has 6 heteroatoms. The Morgan fingerprint density at radius 2 is 1.89 bits per heavy atom. The molecule has 0 saturated carbocycles. The highest BCUT2D eigenvalue weighted by Crippen LogP contribution is 2.26. The fourth-order valence-corrected chi connectivity index (χ4v) is 1.66. The van der Waals surface area contributed by atoms with Gasteiger partial charge in [-0.15, -0.1) is 10.2 Å². The maximum Gasteiger partial charge on any atom is 0.440 e. The van der Waals surface area contributed by atoms with Crippen molar-refractivity contribution in [1.82, 2.24) is 10.1 Å². The number of nitrogens with zero attached hydrogens (tertiary/aromatic N) is 3. The molecule has 0 saturated heterocycles. The second kappa shape index (κ2) is 4.25. The predicted octanol–water partition coefficient (Wildman–Crippen LogP) is 2.93. The van der Waals surface area contributed by atoms with E-state index >= 15 is 0 Å². The Hall–Kier alpha value is -2.76. The standard InChI is InChI=1S/C12H8N4O2/c17-12-13-11(16-18-12)15-14-10-7-3-5-8-4-1-2-6-9(8)10/h1-7H,(H,13,16,17). The van der Waals surface area contributed by atoms with Gasteiger partial charge in [-0.05, 0) is 16.6 Å². The Balaban J connectivity index is 2.05. The zero-order valence-electron chi connectivity index (χ0n) is 9.20. The summed E-state index contributed by atoms with van der Waals surface area (Å²) in [6, 6.07) is 13.6. The van der Waals surface area contributed by atoms with Crippen LogP contribution in [0.25, 0.3) is 10.8 Å². The highest BCUT2D eigenvalue weighted by Gasteiger charge is 2.00. The zero-order valence-corrected chi connectivity index (χ0v) is 9.20. The summed E-state index contributed by atoms with van der Waals surface area (Å²) in [6.45, 7) is 0. The van der Waals surface area contributed by atoms with Gasteiger partial charge >= 0.3 is 5.76 Å². The van der Waals surface area contributed by atoms with Crippen molar-refractivity contribution < 1.29 is 4.52 Å². The lowest BCUT2D eigenvalue weighted by Crippen LogP contribution is -1.92. The zero-order chi connectivity index (χ0) is 12.4. The summed E-state index contributed by atoms with van der Waals surface area (Å²) in [7, 11) is 0. The van der Waals surface area contributed by atoms with E-state index < -0.39 is 5.76 Å². The Morgan fingerprint density at radius 1 is 1.06 bits per heavy atom. The van der Waals surface area contributed by atoms with Gasteiger partial charge in [0.05, 0.1) is 5.69 Å². The molecule has 0 aliphatic rings. The molecule has 3 aromatic rings. The van der Waals surface area contributed by atoms with Crippen LogP contribution in [0.1, 0.15) is 0 Å². The number of aromatic amines is 1. The van der Waals surface area contributed by atoms with Crippen LogP contribution in [0.5, 0.6) is 0 Å². The quantitative estimate of drug-likeness (QED) is 0.699. The number of benzene rings is 2. The minimum absolute atomic E-state index is 0.0490. The Labute approximate surface area is 101 Å². The first-order valence-corrected chi connectivity index (χ1v) is 5.28. The summed E-state index contributed by atoms with van der Waals surface area (Å²) in [5.74, 6) is -0.602. The Kier molecular flexibility index (Phi) is 2.45. The van der Waals surface area contributed by atoms with Crippen molar-refractivity contribution in [1.29, 1.82) is 0 Å². The highest BCUT2D eigenvalue weighted by atomic mass is 16.5. The van der Waals surface area contributed by atoms with E-state index in [4.69, 9.17) is 0 Å². The van der Waals surface area contributed by atoms with E-state index in [1.165, 1.54) is 0 Å². The minimum atomic E-state index is -0.651. The molecule has 0 atom stereocenters. The van der Waals surface area contributed by atoms with E-state index in [-0.39, 0.29) is 5.95 Å². The van der Waals surface area contributed by atoms with E-state index in [1.807, 2.05) is 42.5 Å². The van der Waals surface area contributed by atoms with Gasteiger partial charge in [0.1, 0.15) is 0 Å². The summed E-state index contributed by atoms with van der Waals surface area (Å²) >= 11 is 0. The van der Waals surface area contributed by atoms with Crippen molar-refractivity contribution in [3.8, 4) is 0 Å². The van der Waals surface area contributed by atoms with Gasteiger partial charge in [0.25, 0.3) is 5.95 Å². The number of H-pyrrole nitrogens is 1. The first-order valence-electron chi connectivity index (χ1n) is 5.28. The van der Waals surface area contributed by atoms with Crippen molar-refractivity contribution in [3.63, 3.8) is 0 Å². The number of hydrogen-bond acceptors (Lipinski definition) is 5. The summed E-state index contributed by atoms with van der Waals surface area (Å²) in [5, 5.41) is 13.3. The first kappa shape index (κ1) is 10.4. The third kappa shape index (κ3) is 1.91. The number of nitrogens with one attached hydrogen (secondary N) is 1. The van der Waals surface area contributed by atoms with Crippen LogP contribution in [0.3, 0.4) is 0 Å². The molecule has 0 unspecified atom stereocenters. The average molecular weight is 240 g/mol. The van der Waals surface area contributed by atoms with Crippen LogP contribution in [0, 0.1) is 0 Å². The van der Waals surface area contributed by atoms with Crippen LogP contribution in [-0.4, -0.2) is 10.1 Å². The highest BCUT2D eigenvalue weighted by molar-refractivity contribution is 5.92. The molecule has 0 radical (unpaired) electrons. The van der Waals surface area contributed by atoms with Crippen molar-refractivity contribution in [2.75, 3.05) is 0 Å². The largest absolute Gasteiger partial charge is 0.440 e. The molecule has 0 bridgehead atoms. The number of azo groups is 1. The topological polar surface area (TPSA) is 83.6 Å². The molecule has 2 aromatic carbocycles. The third-order valence-corrected chi connectivity index (χ3v) is 2.45. The summed E-state index contributed by atoms with van der Waals surface area (Å²) in [4.78, 5) is 13.0. The summed E-state index contributed by atoms with van der Waals surface area (Å²) in [5.41, 5.74) is 0.706. The van der Waals surface area contributed by atoms with Crippen LogP contribution in [-0.2, 0) is 0 Å². The molecule has 1 heterocycles. The van der Waals surface area contributed by atoms with Gasteiger partial charge < -0.3 is 0 Å². The predicted molar refractivity (Wildman–Crippen MR) is 65.2 cm³/mol. The molecular weight excluding hydrogens is 232 g/mol. The number of aromatic nitrogens is 2. The van der Waals surface area contributed by atoms with Crippen LogP contribution >= 0.6 is 0 Å². The monoisotopic (exact) mass is 240 g/mol. The molecular formula is C12H8N4O2. The van der Waals surface area contributed by atoms with Crippen LogP contribution in [0.15, 0.2) is 62.0 Å². The summed E-state index contributed by atoms with van der Waals surface area (Å²) < 4.78 is 4.33. The lowest BCUT2D eigenvalue weighted by Gasteiger charge is -1.99. The lowest BCUT2D eigenvalue weighted by molar-refractivity contribution is 0.387. The van der Waals surface area contributed by atoms with Crippen molar-refractivity contribution in [2.24, 2.45) is 10.2 Å². The van der Waals surface area contributed by atoms with Gasteiger partial charge in [0, 0.05) is 5.39 Å². The molecule has 1 aromatic heterocycles. The van der Waals surface area contributed by atoms with E-state index in [0.717, 1.165) is 10.8 Å². The first-order chi connectivity index (χ1) is 8.83. The van der Waals surface area contributed by atoms with E-state index in [0.29, 0.717) is 5.69 Å². The van der Waals surface area contributed by atoms with Gasteiger partial charge in [-0.2, -0.15) is 0 Å². The molecule has 88 valence electrons. The number of rotatable bonds is 2. The molecule has 6 nitrogen and oxygen atoms in total. The van der Waals surface area contributed by atoms with Crippen LogP contribution < -0.4 is 5.76 Å². The molecule has 0 amide bonds. The number of fused-ring (bicyclic) bond motifs is 1. The maximum atomic E-state index is 10.7. The molecule has 1 N–H and O–H groups in total. The molecule has 0 spiro atoms. The summed E-state index contributed by atoms with van der Waals surface area (Å²) in [6.07, 6.45) is 0. The van der Waals surface area contributed by atoms with E-state index in [9.17, 15) is 4.79 Å². The minimum Gasteiger partial charge on any atom is -0.294 e. The second-order valence-corrected chi connectivity index (χ2v) is 3.62. The average Bonchev–Trinajstić information content (AvgIpc) is 2.82. The van der Waals surface area contributed by atoms with Crippen molar-refractivity contribution >= 4 is 22.4 Å². The van der Waals surface area contributed by atoms with Gasteiger partial charge in [0.2, 0.25) is 0 Å². The van der Waals surface area contributed by atoms with Gasteiger partial charge in [-0.25, -0.2) is 4.79 Å². The SMILES string of the molecule is O=c1[nH]c(N=Nc2cccc3ccccc23)no1. The fourth-order valence-electron chi connectivity index (χ4n) is 1.66. The molecule has 3 rings (SSSR count). The maximum absolute atomic E-state index is 10.7. The van der Waals surface area contributed by atoms with Gasteiger partial charge in [-0.3, -0.25) is 9.51 Å².